The van der Waals surface area contributed by atoms with E-state index in [2.05, 4.69) is 15.0 Å². The van der Waals surface area contributed by atoms with Gasteiger partial charge < -0.3 is 9.80 Å². The van der Waals surface area contributed by atoms with Crippen molar-refractivity contribution in [3.63, 3.8) is 0 Å². The molecule has 1 aliphatic rings. The standard InChI is InChI=1S/C14H19N5OS/c1-2-12(19-6-3-4-16-19)13(20)17-7-9-18(10-8-17)14-15-5-11-21-14/h3-6,11-12H,2,7-10H2,1H3/t12-/m0/s1. The number of hydrogen-bond acceptors (Lipinski definition) is 5. The smallest absolute Gasteiger partial charge is 0.247 e. The van der Waals surface area contributed by atoms with Crippen LogP contribution in [0, 0.1) is 0 Å². The quantitative estimate of drug-likeness (QED) is 0.862. The fraction of sp³-hybridized carbons (Fsp3) is 0.500. The molecule has 0 bridgehead atoms. The van der Waals surface area contributed by atoms with Gasteiger partial charge in [-0.2, -0.15) is 5.10 Å². The van der Waals surface area contributed by atoms with Crippen LogP contribution in [-0.4, -0.2) is 51.8 Å². The summed E-state index contributed by atoms with van der Waals surface area (Å²) in [5.41, 5.74) is 0. The summed E-state index contributed by atoms with van der Waals surface area (Å²) in [6, 6.07) is 1.67. The van der Waals surface area contributed by atoms with E-state index in [1.807, 2.05) is 35.7 Å². The van der Waals surface area contributed by atoms with Gasteiger partial charge in [-0.3, -0.25) is 9.48 Å². The van der Waals surface area contributed by atoms with Gasteiger partial charge in [-0.15, -0.1) is 11.3 Å². The lowest BCUT2D eigenvalue weighted by Crippen LogP contribution is -2.50. The topological polar surface area (TPSA) is 54.3 Å². The van der Waals surface area contributed by atoms with Crippen LogP contribution in [0.4, 0.5) is 5.13 Å². The molecule has 1 fully saturated rings. The van der Waals surface area contributed by atoms with Gasteiger partial charge >= 0.3 is 0 Å². The highest BCUT2D eigenvalue weighted by atomic mass is 32.1. The second-order valence-corrected chi connectivity index (χ2v) is 5.91. The molecule has 2 aromatic rings. The first-order chi connectivity index (χ1) is 10.3. The van der Waals surface area contributed by atoms with Gasteiger partial charge in [0, 0.05) is 50.1 Å². The molecule has 0 saturated carbocycles. The van der Waals surface area contributed by atoms with Crippen LogP contribution in [-0.2, 0) is 4.79 Å². The Hall–Kier alpha value is -1.89. The number of anilines is 1. The molecule has 0 aromatic carbocycles. The fourth-order valence-corrected chi connectivity index (χ4v) is 3.34. The van der Waals surface area contributed by atoms with Crippen molar-refractivity contribution in [1.29, 1.82) is 0 Å². The van der Waals surface area contributed by atoms with Crippen LogP contribution >= 0.6 is 11.3 Å². The molecule has 0 aliphatic carbocycles. The molecular formula is C14H19N5OS. The Morgan fingerprint density at radius 1 is 1.33 bits per heavy atom. The first kappa shape index (κ1) is 14.1. The lowest BCUT2D eigenvalue weighted by molar-refractivity contribution is -0.135. The minimum absolute atomic E-state index is 0.167. The normalized spacial score (nSPS) is 17.0. The number of hydrogen-bond donors (Lipinski definition) is 0. The summed E-state index contributed by atoms with van der Waals surface area (Å²) in [6.45, 7) is 5.20. The third-order valence-corrected chi connectivity index (χ3v) is 4.63. The summed E-state index contributed by atoms with van der Waals surface area (Å²) in [5.74, 6) is 0.167. The zero-order chi connectivity index (χ0) is 14.7. The van der Waals surface area contributed by atoms with E-state index in [0.717, 1.165) is 37.7 Å². The molecule has 0 radical (unpaired) electrons. The molecule has 0 unspecified atom stereocenters. The van der Waals surface area contributed by atoms with Crippen molar-refractivity contribution in [2.45, 2.75) is 19.4 Å². The van der Waals surface area contributed by atoms with Gasteiger partial charge in [0.1, 0.15) is 6.04 Å². The van der Waals surface area contributed by atoms with Gasteiger partial charge in [-0.25, -0.2) is 4.98 Å². The second kappa shape index (κ2) is 6.26. The molecule has 21 heavy (non-hydrogen) atoms. The Bertz CT molecular complexity index is 560. The van der Waals surface area contributed by atoms with Crippen molar-refractivity contribution in [2.24, 2.45) is 0 Å². The molecule has 1 saturated heterocycles. The molecule has 0 spiro atoms. The zero-order valence-corrected chi connectivity index (χ0v) is 12.9. The number of rotatable bonds is 4. The van der Waals surface area contributed by atoms with Crippen molar-refractivity contribution >= 4 is 22.4 Å². The maximum absolute atomic E-state index is 12.7. The first-order valence-electron chi connectivity index (χ1n) is 7.22. The van der Waals surface area contributed by atoms with Gasteiger partial charge in [0.05, 0.1) is 0 Å². The predicted molar refractivity (Wildman–Crippen MR) is 82.5 cm³/mol. The summed E-state index contributed by atoms with van der Waals surface area (Å²) in [5, 5.41) is 7.24. The first-order valence-corrected chi connectivity index (χ1v) is 8.10. The van der Waals surface area contributed by atoms with Crippen LogP contribution in [0.2, 0.25) is 0 Å². The van der Waals surface area contributed by atoms with Crippen LogP contribution in [0.5, 0.6) is 0 Å². The zero-order valence-electron chi connectivity index (χ0n) is 12.1. The third kappa shape index (κ3) is 2.92. The van der Waals surface area contributed by atoms with Crippen molar-refractivity contribution < 1.29 is 4.79 Å². The average molecular weight is 305 g/mol. The second-order valence-electron chi connectivity index (χ2n) is 5.04. The minimum atomic E-state index is -0.189. The number of amides is 1. The lowest BCUT2D eigenvalue weighted by Gasteiger charge is -2.36. The number of piperazine rings is 1. The Labute approximate surface area is 128 Å². The highest BCUT2D eigenvalue weighted by Crippen LogP contribution is 2.21. The van der Waals surface area contributed by atoms with Crippen LogP contribution in [0.15, 0.2) is 30.0 Å². The average Bonchev–Trinajstić information content (AvgIpc) is 3.22. The summed E-state index contributed by atoms with van der Waals surface area (Å²) in [7, 11) is 0. The molecule has 112 valence electrons. The number of carbonyl (C=O) groups excluding carboxylic acids is 1. The van der Waals surface area contributed by atoms with E-state index in [9.17, 15) is 4.79 Å². The van der Waals surface area contributed by atoms with Crippen molar-refractivity contribution in [3.8, 4) is 0 Å². The van der Waals surface area contributed by atoms with E-state index in [4.69, 9.17) is 0 Å². The summed E-state index contributed by atoms with van der Waals surface area (Å²) in [4.78, 5) is 21.2. The summed E-state index contributed by atoms with van der Waals surface area (Å²) < 4.78 is 1.76. The van der Waals surface area contributed by atoms with Gasteiger partial charge in [0.25, 0.3) is 0 Å². The van der Waals surface area contributed by atoms with Crippen LogP contribution in [0.25, 0.3) is 0 Å². The molecule has 1 aliphatic heterocycles. The summed E-state index contributed by atoms with van der Waals surface area (Å²) in [6.07, 6.45) is 6.16. The molecule has 1 atom stereocenters. The highest BCUT2D eigenvalue weighted by Gasteiger charge is 2.28. The van der Waals surface area contributed by atoms with Gasteiger partial charge in [-0.1, -0.05) is 6.92 Å². The largest absolute Gasteiger partial charge is 0.345 e. The fourth-order valence-electron chi connectivity index (χ4n) is 2.64. The van der Waals surface area contributed by atoms with E-state index in [1.165, 1.54) is 0 Å². The lowest BCUT2D eigenvalue weighted by atomic mass is 10.2. The molecule has 1 amide bonds. The van der Waals surface area contributed by atoms with Crippen molar-refractivity contribution in [3.05, 3.63) is 30.0 Å². The third-order valence-electron chi connectivity index (χ3n) is 3.80. The predicted octanol–water partition coefficient (Wildman–Crippen LogP) is 1.64. The van der Waals surface area contributed by atoms with E-state index in [1.54, 1.807) is 22.2 Å². The molecule has 6 nitrogen and oxygen atoms in total. The molecular weight excluding hydrogens is 286 g/mol. The number of nitrogens with zero attached hydrogens (tertiary/aromatic N) is 5. The Morgan fingerprint density at radius 3 is 2.71 bits per heavy atom. The number of carbonyl (C=O) groups is 1. The Balaban J connectivity index is 1.62. The SMILES string of the molecule is CC[C@@H](C(=O)N1CCN(c2nccs2)CC1)n1cccn1. The monoisotopic (exact) mass is 305 g/mol. The molecule has 2 aromatic heterocycles. The van der Waals surface area contributed by atoms with Crippen LogP contribution < -0.4 is 4.90 Å². The highest BCUT2D eigenvalue weighted by molar-refractivity contribution is 7.13. The Morgan fingerprint density at radius 2 is 2.14 bits per heavy atom. The van der Waals surface area contributed by atoms with Crippen molar-refractivity contribution in [2.75, 3.05) is 31.1 Å². The van der Waals surface area contributed by atoms with Crippen LogP contribution in [0.1, 0.15) is 19.4 Å². The number of aromatic nitrogens is 3. The van der Waals surface area contributed by atoms with E-state index in [-0.39, 0.29) is 11.9 Å². The van der Waals surface area contributed by atoms with Crippen molar-refractivity contribution in [1.82, 2.24) is 19.7 Å². The van der Waals surface area contributed by atoms with E-state index in [0.29, 0.717) is 0 Å². The minimum Gasteiger partial charge on any atom is -0.345 e. The molecule has 7 heteroatoms. The van der Waals surface area contributed by atoms with Gasteiger partial charge in [0.2, 0.25) is 5.91 Å². The molecule has 3 heterocycles. The number of thiazole rings is 1. The summed E-state index contributed by atoms with van der Waals surface area (Å²) >= 11 is 1.65. The maximum Gasteiger partial charge on any atom is 0.247 e. The molecule has 3 rings (SSSR count). The van der Waals surface area contributed by atoms with E-state index < -0.39 is 0 Å². The maximum atomic E-state index is 12.7. The molecule has 0 N–H and O–H groups in total. The van der Waals surface area contributed by atoms with E-state index >= 15 is 0 Å². The van der Waals surface area contributed by atoms with Gasteiger partial charge in [0.15, 0.2) is 5.13 Å². The Kier molecular flexibility index (Phi) is 4.19. The van der Waals surface area contributed by atoms with Gasteiger partial charge in [-0.05, 0) is 12.5 Å². The van der Waals surface area contributed by atoms with Crippen LogP contribution in [0.3, 0.4) is 0 Å².